The second kappa shape index (κ2) is 7.65. The standard InChI is InChI=1S/C16H23F2N3O/c1-11(19)8-16(22)20-12-4-3-7-21(9-12)10-13-14(17)5-2-6-15(13)18/h2,5-6,11-12H,3-4,7-10,19H2,1H3,(H,20,22). The van der Waals surface area contributed by atoms with Crippen molar-refractivity contribution < 1.29 is 13.6 Å². The number of hydrogen-bond acceptors (Lipinski definition) is 3. The Morgan fingerprint density at radius 3 is 2.77 bits per heavy atom. The van der Waals surface area contributed by atoms with E-state index in [0.29, 0.717) is 13.0 Å². The molecule has 3 N–H and O–H groups in total. The number of hydrogen-bond donors (Lipinski definition) is 2. The quantitative estimate of drug-likeness (QED) is 0.871. The number of nitrogens with zero attached hydrogens (tertiary/aromatic N) is 1. The van der Waals surface area contributed by atoms with Crippen molar-refractivity contribution in [2.75, 3.05) is 13.1 Å². The third-order valence-corrected chi connectivity index (χ3v) is 3.82. The van der Waals surface area contributed by atoms with Crippen LogP contribution in [0, 0.1) is 11.6 Å². The summed E-state index contributed by atoms with van der Waals surface area (Å²) in [6.07, 6.45) is 2.05. The van der Waals surface area contributed by atoms with Gasteiger partial charge in [-0.3, -0.25) is 9.69 Å². The predicted octanol–water partition coefficient (Wildman–Crippen LogP) is 1.78. The summed E-state index contributed by atoms with van der Waals surface area (Å²) in [5.41, 5.74) is 5.69. The fourth-order valence-electron chi connectivity index (χ4n) is 2.80. The van der Waals surface area contributed by atoms with Crippen LogP contribution in [-0.2, 0) is 11.3 Å². The van der Waals surface area contributed by atoms with E-state index in [0.717, 1.165) is 19.4 Å². The summed E-state index contributed by atoms with van der Waals surface area (Å²) in [5.74, 6) is -1.12. The van der Waals surface area contributed by atoms with Gasteiger partial charge in [-0.05, 0) is 38.4 Å². The lowest BCUT2D eigenvalue weighted by atomic mass is 10.0. The highest BCUT2D eigenvalue weighted by Crippen LogP contribution is 2.18. The van der Waals surface area contributed by atoms with Gasteiger partial charge in [-0.25, -0.2) is 8.78 Å². The Kier molecular flexibility index (Phi) is 5.85. The van der Waals surface area contributed by atoms with Gasteiger partial charge in [-0.1, -0.05) is 6.07 Å². The molecule has 22 heavy (non-hydrogen) atoms. The van der Waals surface area contributed by atoms with Crippen LogP contribution in [0.4, 0.5) is 8.78 Å². The molecular formula is C16H23F2N3O. The molecule has 2 atom stereocenters. The van der Waals surface area contributed by atoms with Gasteiger partial charge in [-0.2, -0.15) is 0 Å². The average molecular weight is 311 g/mol. The zero-order valence-electron chi connectivity index (χ0n) is 12.8. The average Bonchev–Trinajstić information content (AvgIpc) is 2.42. The summed E-state index contributed by atoms with van der Waals surface area (Å²) in [6, 6.07) is 3.73. The van der Waals surface area contributed by atoms with Gasteiger partial charge in [0.05, 0.1) is 0 Å². The van der Waals surface area contributed by atoms with Gasteiger partial charge in [0.25, 0.3) is 0 Å². The second-order valence-corrected chi connectivity index (χ2v) is 6.02. The molecule has 122 valence electrons. The van der Waals surface area contributed by atoms with Crippen LogP contribution in [0.3, 0.4) is 0 Å². The maximum atomic E-state index is 13.7. The van der Waals surface area contributed by atoms with Crippen molar-refractivity contribution in [3.8, 4) is 0 Å². The Hall–Kier alpha value is -1.53. The number of amides is 1. The van der Waals surface area contributed by atoms with Crippen LogP contribution < -0.4 is 11.1 Å². The number of halogens is 2. The van der Waals surface area contributed by atoms with Crippen molar-refractivity contribution in [2.45, 2.75) is 44.8 Å². The van der Waals surface area contributed by atoms with Crippen molar-refractivity contribution >= 4 is 5.91 Å². The normalized spacial score (nSPS) is 20.6. The van der Waals surface area contributed by atoms with Crippen molar-refractivity contribution in [1.82, 2.24) is 10.2 Å². The number of carbonyl (C=O) groups is 1. The summed E-state index contributed by atoms with van der Waals surface area (Å²) >= 11 is 0. The van der Waals surface area contributed by atoms with Crippen LogP contribution in [0.15, 0.2) is 18.2 Å². The van der Waals surface area contributed by atoms with E-state index in [1.807, 2.05) is 4.90 Å². The first-order valence-electron chi connectivity index (χ1n) is 7.66. The van der Waals surface area contributed by atoms with Crippen LogP contribution in [-0.4, -0.2) is 36.0 Å². The van der Waals surface area contributed by atoms with Gasteiger partial charge >= 0.3 is 0 Å². The summed E-state index contributed by atoms with van der Waals surface area (Å²) in [7, 11) is 0. The summed E-state index contributed by atoms with van der Waals surface area (Å²) < 4.78 is 27.4. The minimum absolute atomic E-state index is 0.00911. The van der Waals surface area contributed by atoms with Crippen LogP contribution in [0.5, 0.6) is 0 Å². The summed E-state index contributed by atoms with van der Waals surface area (Å²) in [5, 5.41) is 2.95. The molecule has 0 aliphatic carbocycles. The predicted molar refractivity (Wildman–Crippen MR) is 81.1 cm³/mol. The fraction of sp³-hybridized carbons (Fsp3) is 0.562. The number of piperidine rings is 1. The van der Waals surface area contributed by atoms with E-state index in [1.165, 1.54) is 18.2 Å². The molecule has 2 unspecified atom stereocenters. The van der Waals surface area contributed by atoms with Crippen molar-refractivity contribution in [3.05, 3.63) is 35.4 Å². The Morgan fingerprint density at radius 1 is 1.45 bits per heavy atom. The van der Waals surface area contributed by atoms with Gasteiger partial charge in [0, 0.05) is 37.2 Å². The van der Waals surface area contributed by atoms with Gasteiger partial charge in [0.1, 0.15) is 11.6 Å². The topological polar surface area (TPSA) is 58.4 Å². The number of likely N-dealkylation sites (tertiary alicyclic amines) is 1. The second-order valence-electron chi connectivity index (χ2n) is 6.02. The largest absolute Gasteiger partial charge is 0.352 e. The number of rotatable bonds is 5. The Balaban J connectivity index is 1.92. The minimum atomic E-state index is -0.525. The highest BCUT2D eigenvalue weighted by atomic mass is 19.1. The lowest BCUT2D eigenvalue weighted by molar-refractivity contribution is -0.122. The van der Waals surface area contributed by atoms with Crippen LogP contribution in [0.2, 0.25) is 0 Å². The molecule has 0 radical (unpaired) electrons. The molecule has 0 aromatic heterocycles. The van der Waals surface area contributed by atoms with Gasteiger partial charge in [0.2, 0.25) is 5.91 Å². The first-order chi connectivity index (χ1) is 10.5. The molecule has 2 rings (SSSR count). The van der Waals surface area contributed by atoms with Crippen molar-refractivity contribution in [1.29, 1.82) is 0 Å². The molecule has 0 spiro atoms. The molecule has 1 saturated heterocycles. The molecule has 1 aliphatic heterocycles. The van der Waals surface area contributed by atoms with E-state index < -0.39 is 11.6 Å². The highest BCUT2D eigenvalue weighted by Gasteiger charge is 2.23. The number of carbonyl (C=O) groups excluding carboxylic acids is 1. The Bertz CT molecular complexity index is 502. The smallest absolute Gasteiger partial charge is 0.221 e. The first-order valence-corrected chi connectivity index (χ1v) is 7.66. The zero-order valence-corrected chi connectivity index (χ0v) is 12.8. The van der Waals surface area contributed by atoms with Gasteiger partial charge in [-0.15, -0.1) is 0 Å². The SMILES string of the molecule is CC(N)CC(=O)NC1CCCN(Cc2c(F)cccc2F)C1. The lowest BCUT2D eigenvalue weighted by Gasteiger charge is -2.33. The Morgan fingerprint density at radius 2 is 2.14 bits per heavy atom. The highest BCUT2D eigenvalue weighted by molar-refractivity contribution is 5.76. The zero-order chi connectivity index (χ0) is 16.1. The first kappa shape index (κ1) is 16.8. The minimum Gasteiger partial charge on any atom is -0.352 e. The van der Waals surface area contributed by atoms with Crippen LogP contribution in [0.25, 0.3) is 0 Å². The van der Waals surface area contributed by atoms with E-state index in [9.17, 15) is 13.6 Å². The van der Waals surface area contributed by atoms with E-state index >= 15 is 0 Å². The van der Waals surface area contributed by atoms with Crippen molar-refractivity contribution in [3.63, 3.8) is 0 Å². The molecule has 1 aromatic carbocycles. The van der Waals surface area contributed by atoms with E-state index in [1.54, 1.807) is 6.92 Å². The van der Waals surface area contributed by atoms with Crippen molar-refractivity contribution in [2.24, 2.45) is 5.73 Å². The monoisotopic (exact) mass is 311 g/mol. The molecule has 0 bridgehead atoms. The molecule has 1 aromatic rings. The maximum Gasteiger partial charge on any atom is 0.221 e. The van der Waals surface area contributed by atoms with E-state index in [-0.39, 0.29) is 30.1 Å². The molecule has 0 saturated carbocycles. The number of nitrogens with two attached hydrogens (primary N) is 1. The molecular weight excluding hydrogens is 288 g/mol. The van der Waals surface area contributed by atoms with Gasteiger partial charge < -0.3 is 11.1 Å². The third kappa shape index (κ3) is 4.74. The van der Waals surface area contributed by atoms with Gasteiger partial charge in [0.15, 0.2) is 0 Å². The molecule has 6 heteroatoms. The molecule has 1 heterocycles. The molecule has 1 amide bonds. The third-order valence-electron chi connectivity index (χ3n) is 3.82. The van der Waals surface area contributed by atoms with Crippen LogP contribution in [0.1, 0.15) is 31.7 Å². The molecule has 1 aliphatic rings. The summed E-state index contributed by atoms with van der Waals surface area (Å²) in [4.78, 5) is 13.7. The van der Waals surface area contributed by atoms with Crippen LogP contribution >= 0.6 is 0 Å². The lowest BCUT2D eigenvalue weighted by Crippen LogP contribution is -2.48. The number of benzene rings is 1. The van der Waals surface area contributed by atoms with E-state index in [4.69, 9.17) is 5.73 Å². The Labute approximate surface area is 129 Å². The molecule has 4 nitrogen and oxygen atoms in total. The summed E-state index contributed by atoms with van der Waals surface area (Å²) in [6.45, 7) is 3.37. The molecule has 1 fully saturated rings. The van der Waals surface area contributed by atoms with E-state index in [2.05, 4.69) is 5.32 Å². The maximum absolute atomic E-state index is 13.7. The fourth-order valence-corrected chi connectivity index (χ4v) is 2.80. The number of nitrogens with one attached hydrogen (secondary N) is 1.